The van der Waals surface area contributed by atoms with Crippen molar-refractivity contribution >= 4 is 12.0 Å². The number of hydrogen-bond acceptors (Lipinski definition) is 5. The number of carboxylic acid groups (broad SMARTS) is 1. The smallest absolute Gasteiger partial charge is 0.318 e. The summed E-state index contributed by atoms with van der Waals surface area (Å²) in [7, 11) is 0. The SMILES string of the molecule is CC(C)c1nc(C2CCCN2C(=O)NC2CCC(C(=O)O)CC2)no1. The van der Waals surface area contributed by atoms with Crippen molar-refractivity contribution in [1.29, 1.82) is 0 Å². The summed E-state index contributed by atoms with van der Waals surface area (Å²) in [5.41, 5.74) is 0. The van der Waals surface area contributed by atoms with E-state index in [0.717, 1.165) is 12.8 Å². The van der Waals surface area contributed by atoms with Gasteiger partial charge in [0.15, 0.2) is 5.82 Å². The number of carbonyl (C=O) groups is 2. The number of nitrogens with one attached hydrogen (secondary N) is 1. The fourth-order valence-corrected chi connectivity index (χ4v) is 3.64. The number of aromatic nitrogens is 2. The molecule has 8 heteroatoms. The van der Waals surface area contributed by atoms with Gasteiger partial charge in [-0.3, -0.25) is 4.79 Å². The van der Waals surface area contributed by atoms with Gasteiger partial charge in [-0.25, -0.2) is 4.79 Å². The molecule has 2 heterocycles. The molecule has 2 aliphatic rings. The van der Waals surface area contributed by atoms with Crippen molar-refractivity contribution in [3.8, 4) is 0 Å². The Kier molecular flexibility index (Phi) is 5.24. The molecular weight excluding hydrogens is 324 g/mol. The third kappa shape index (κ3) is 3.93. The predicted octanol–water partition coefficient (Wildman–Crippen LogP) is 2.68. The maximum absolute atomic E-state index is 12.7. The summed E-state index contributed by atoms with van der Waals surface area (Å²) >= 11 is 0. The number of carbonyl (C=O) groups excluding carboxylic acids is 1. The number of hydrogen-bond donors (Lipinski definition) is 2. The highest BCUT2D eigenvalue weighted by atomic mass is 16.5. The van der Waals surface area contributed by atoms with Gasteiger partial charge in [-0.1, -0.05) is 19.0 Å². The number of carboxylic acids is 1. The number of amides is 2. The molecule has 2 amide bonds. The summed E-state index contributed by atoms with van der Waals surface area (Å²) in [6.45, 7) is 4.65. The van der Waals surface area contributed by atoms with Crippen LogP contribution in [0, 0.1) is 5.92 Å². The summed E-state index contributed by atoms with van der Waals surface area (Å²) in [5.74, 6) is 0.318. The Hall–Kier alpha value is -2.12. The van der Waals surface area contributed by atoms with Crippen LogP contribution in [0.2, 0.25) is 0 Å². The lowest BCUT2D eigenvalue weighted by atomic mass is 9.86. The first-order valence-electron chi connectivity index (χ1n) is 9.09. The largest absolute Gasteiger partial charge is 0.481 e. The molecule has 138 valence electrons. The summed E-state index contributed by atoms with van der Waals surface area (Å²) < 4.78 is 5.28. The van der Waals surface area contributed by atoms with Crippen LogP contribution in [0.3, 0.4) is 0 Å². The Morgan fingerprint density at radius 3 is 2.56 bits per heavy atom. The monoisotopic (exact) mass is 350 g/mol. The maximum Gasteiger partial charge on any atom is 0.318 e. The minimum atomic E-state index is -0.734. The van der Waals surface area contributed by atoms with Crippen LogP contribution in [0.5, 0.6) is 0 Å². The molecule has 0 spiro atoms. The van der Waals surface area contributed by atoms with Crippen LogP contribution in [0.1, 0.15) is 76.0 Å². The summed E-state index contributed by atoms with van der Waals surface area (Å²) in [5, 5.41) is 16.2. The lowest BCUT2D eigenvalue weighted by molar-refractivity contribution is -0.142. The molecule has 1 aliphatic carbocycles. The van der Waals surface area contributed by atoms with Gasteiger partial charge in [0.2, 0.25) is 5.89 Å². The predicted molar refractivity (Wildman–Crippen MR) is 89.0 cm³/mol. The molecule has 2 N–H and O–H groups in total. The molecule has 1 saturated carbocycles. The highest BCUT2D eigenvalue weighted by molar-refractivity contribution is 5.75. The second-order valence-corrected chi connectivity index (χ2v) is 7.33. The highest BCUT2D eigenvalue weighted by Crippen LogP contribution is 2.31. The second kappa shape index (κ2) is 7.41. The zero-order valence-electron chi connectivity index (χ0n) is 14.8. The van der Waals surface area contributed by atoms with Gasteiger partial charge in [-0.05, 0) is 38.5 Å². The molecule has 1 atom stereocenters. The Balaban J connectivity index is 1.58. The number of rotatable bonds is 4. The maximum atomic E-state index is 12.7. The molecule has 2 fully saturated rings. The van der Waals surface area contributed by atoms with E-state index in [0.29, 0.717) is 43.9 Å². The van der Waals surface area contributed by atoms with Crippen LogP contribution in [0.15, 0.2) is 4.52 Å². The quantitative estimate of drug-likeness (QED) is 0.864. The lowest BCUT2D eigenvalue weighted by Gasteiger charge is -2.30. The van der Waals surface area contributed by atoms with Crippen LogP contribution < -0.4 is 5.32 Å². The van der Waals surface area contributed by atoms with E-state index in [2.05, 4.69) is 15.5 Å². The minimum Gasteiger partial charge on any atom is -0.481 e. The van der Waals surface area contributed by atoms with Crippen molar-refractivity contribution in [2.75, 3.05) is 6.54 Å². The zero-order chi connectivity index (χ0) is 18.0. The van der Waals surface area contributed by atoms with Crippen molar-refractivity contribution < 1.29 is 19.2 Å². The molecule has 1 aromatic heterocycles. The van der Waals surface area contributed by atoms with Gasteiger partial charge < -0.3 is 19.8 Å². The van der Waals surface area contributed by atoms with Gasteiger partial charge in [0.05, 0.1) is 12.0 Å². The normalized spacial score (nSPS) is 26.8. The highest BCUT2D eigenvalue weighted by Gasteiger charge is 2.35. The molecule has 1 aliphatic heterocycles. The van der Waals surface area contributed by atoms with E-state index in [-0.39, 0.29) is 30.0 Å². The Bertz CT molecular complexity index is 622. The van der Waals surface area contributed by atoms with E-state index in [4.69, 9.17) is 9.63 Å². The van der Waals surface area contributed by atoms with E-state index in [1.54, 1.807) is 4.90 Å². The Labute approximate surface area is 147 Å². The first-order chi connectivity index (χ1) is 12.0. The number of aliphatic carboxylic acids is 1. The van der Waals surface area contributed by atoms with E-state index in [9.17, 15) is 9.59 Å². The summed E-state index contributed by atoms with van der Waals surface area (Å²) in [6, 6.07) is -0.218. The van der Waals surface area contributed by atoms with Crippen molar-refractivity contribution in [3.63, 3.8) is 0 Å². The van der Waals surface area contributed by atoms with Crippen LogP contribution in [-0.4, -0.2) is 44.7 Å². The number of nitrogens with zero attached hydrogens (tertiary/aromatic N) is 3. The summed E-state index contributed by atoms with van der Waals surface area (Å²) in [4.78, 5) is 29.9. The minimum absolute atomic E-state index is 0.0424. The van der Waals surface area contributed by atoms with Gasteiger partial charge in [-0.2, -0.15) is 4.98 Å². The van der Waals surface area contributed by atoms with Crippen LogP contribution in [0.25, 0.3) is 0 Å². The fourth-order valence-electron chi connectivity index (χ4n) is 3.64. The molecule has 0 aromatic carbocycles. The van der Waals surface area contributed by atoms with Crippen LogP contribution in [-0.2, 0) is 4.79 Å². The Morgan fingerprint density at radius 1 is 1.24 bits per heavy atom. The molecule has 1 aromatic rings. The van der Waals surface area contributed by atoms with E-state index >= 15 is 0 Å². The van der Waals surface area contributed by atoms with Gasteiger partial charge >= 0.3 is 12.0 Å². The van der Waals surface area contributed by atoms with Gasteiger partial charge in [0, 0.05) is 18.5 Å². The van der Waals surface area contributed by atoms with Crippen molar-refractivity contribution in [2.45, 2.75) is 70.4 Å². The third-order valence-corrected chi connectivity index (χ3v) is 5.17. The first kappa shape index (κ1) is 17.7. The molecular formula is C17H26N4O4. The standard InChI is InChI=1S/C17H26N4O4/c1-10(2)15-19-14(20-25-15)13-4-3-9-21(13)17(24)18-12-7-5-11(6-8-12)16(22)23/h10-13H,3-9H2,1-2H3,(H,18,24)(H,22,23). The van der Waals surface area contributed by atoms with E-state index in [1.165, 1.54) is 0 Å². The molecule has 1 saturated heterocycles. The lowest BCUT2D eigenvalue weighted by Crippen LogP contribution is -2.46. The molecule has 1 unspecified atom stereocenters. The van der Waals surface area contributed by atoms with E-state index in [1.807, 2.05) is 13.8 Å². The molecule has 0 bridgehead atoms. The number of likely N-dealkylation sites (tertiary alicyclic amines) is 1. The van der Waals surface area contributed by atoms with Gasteiger partial charge in [-0.15, -0.1) is 0 Å². The number of urea groups is 1. The second-order valence-electron chi connectivity index (χ2n) is 7.33. The molecule has 3 rings (SSSR count). The van der Waals surface area contributed by atoms with E-state index < -0.39 is 5.97 Å². The van der Waals surface area contributed by atoms with Crippen molar-refractivity contribution in [1.82, 2.24) is 20.4 Å². The van der Waals surface area contributed by atoms with Gasteiger partial charge in [0.25, 0.3) is 0 Å². The Morgan fingerprint density at radius 2 is 1.96 bits per heavy atom. The topological polar surface area (TPSA) is 109 Å². The fraction of sp³-hybridized carbons (Fsp3) is 0.765. The molecule has 8 nitrogen and oxygen atoms in total. The molecule has 0 radical (unpaired) electrons. The van der Waals surface area contributed by atoms with Crippen molar-refractivity contribution in [2.24, 2.45) is 5.92 Å². The average molecular weight is 350 g/mol. The van der Waals surface area contributed by atoms with Crippen molar-refractivity contribution in [3.05, 3.63) is 11.7 Å². The molecule has 25 heavy (non-hydrogen) atoms. The first-order valence-corrected chi connectivity index (χ1v) is 9.09. The van der Waals surface area contributed by atoms with Crippen LogP contribution >= 0.6 is 0 Å². The summed E-state index contributed by atoms with van der Waals surface area (Å²) in [6.07, 6.45) is 4.39. The van der Waals surface area contributed by atoms with Gasteiger partial charge in [0.1, 0.15) is 0 Å². The zero-order valence-corrected chi connectivity index (χ0v) is 14.8. The third-order valence-electron chi connectivity index (χ3n) is 5.17. The average Bonchev–Trinajstić information content (AvgIpc) is 3.24. The van der Waals surface area contributed by atoms with Crippen LogP contribution in [0.4, 0.5) is 4.79 Å².